The third kappa shape index (κ3) is 4.30. The normalized spacial score (nSPS) is 11.0. The molecule has 0 saturated carbocycles. The summed E-state index contributed by atoms with van der Waals surface area (Å²) < 4.78 is 5.43. The van der Waals surface area contributed by atoms with E-state index in [0.29, 0.717) is 0 Å². The molecule has 19 heavy (non-hydrogen) atoms. The Bertz CT molecular complexity index is 494. The van der Waals surface area contributed by atoms with Crippen LogP contribution in [0.1, 0.15) is 18.9 Å². The highest BCUT2D eigenvalue weighted by Gasteiger charge is 2.00. The number of nitrogens with one attached hydrogen (secondary N) is 1. The Morgan fingerprint density at radius 3 is 2.89 bits per heavy atom. The lowest BCUT2D eigenvalue weighted by Crippen LogP contribution is -2.22. The molecule has 1 aromatic carbocycles. The van der Waals surface area contributed by atoms with E-state index in [2.05, 4.69) is 41.5 Å². The van der Waals surface area contributed by atoms with Crippen LogP contribution in [-0.4, -0.2) is 31.3 Å². The van der Waals surface area contributed by atoms with Gasteiger partial charge in [-0.2, -0.15) is 0 Å². The minimum atomic E-state index is 0.793. The first-order valence-corrected chi connectivity index (χ1v) is 7.03. The largest absolute Gasteiger partial charge is 0.380 e. The number of para-hydroxylation sites is 1. The second-order valence-electron chi connectivity index (χ2n) is 4.60. The molecule has 1 aromatic heterocycles. The zero-order valence-electron chi connectivity index (χ0n) is 11.6. The van der Waals surface area contributed by atoms with Gasteiger partial charge in [0.1, 0.15) is 0 Å². The van der Waals surface area contributed by atoms with Gasteiger partial charge in [0, 0.05) is 24.7 Å². The molecule has 0 aliphatic heterocycles. The molecule has 0 atom stereocenters. The topological polar surface area (TPSA) is 34.1 Å². The lowest BCUT2D eigenvalue weighted by molar-refractivity contribution is 0.137. The van der Waals surface area contributed by atoms with Gasteiger partial charge >= 0.3 is 0 Å². The fourth-order valence-corrected chi connectivity index (χ4v) is 2.11. The molecule has 3 nitrogen and oxygen atoms in total. The lowest BCUT2D eigenvalue weighted by atomic mass is 10.1. The Labute approximate surface area is 115 Å². The quantitative estimate of drug-likeness (QED) is 0.739. The number of hydrogen-bond acceptors (Lipinski definition) is 3. The van der Waals surface area contributed by atoms with Crippen LogP contribution in [0.25, 0.3) is 10.9 Å². The molecule has 0 fully saturated rings. The predicted octanol–water partition coefficient (Wildman–Crippen LogP) is 2.79. The minimum absolute atomic E-state index is 0.793. The van der Waals surface area contributed by atoms with Crippen LogP contribution in [0.15, 0.2) is 36.5 Å². The third-order valence-electron chi connectivity index (χ3n) is 3.06. The van der Waals surface area contributed by atoms with Crippen LogP contribution in [0, 0.1) is 0 Å². The maximum absolute atomic E-state index is 5.43. The van der Waals surface area contributed by atoms with Crippen LogP contribution in [-0.2, 0) is 11.2 Å². The van der Waals surface area contributed by atoms with Crippen molar-refractivity contribution in [2.24, 2.45) is 0 Å². The maximum atomic E-state index is 5.43. The van der Waals surface area contributed by atoms with Gasteiger partial charge in [0.25, 0.3) is 0 Å². The molecular formula is C16H22N2O. The van der Waals surface area contributed by atoms with Crippen molar-refractivity contribution in [3.05, 3.63) is 42.1 Å². The standard InChI is InChI=1S/C16H22N2O/c1-2-12-19-13-11-17-10-8-15-6-3-5-14-7-4-9-18-16(14)15/h3-7,9,17H,2,8,10-13H2,1H3. The number of nitrogens with zero attached hydrogens (tertiary/aromatic N) is 1. The fourth-order valence-electron chi connectivity index (χ4n) is 2.11. The van der Waals surface area contributed by atoms with Gasteiger partial charge < -0.3 is 10.1 Å². The van der Waals surface area contributed by atoms with Gasteiger partial charge in [0.2, 0.25) is 0 Å². The zero-order valence-corrected chi connectivity index (χ0v) is 11.6. The smallest absolute Gasteiger partial charge is 0.0734 e. The van der Waals surface area contributed by atoms with E-state index in [0.717, 1.165) is 44.7 Å². The summed E-state index contributed by atoms with van der Waals surface area (Å²) in [5.74, 6) is 0. The molecule has 2 rings (SSSR count). The number of hydrogen-bond donors (Lipinski definition) is 1. The summed E-state index contributed by atoms with van der Waals surface area (Å²) in [4.78, 5) is 4.47. The van der Waals surface area contributed by atoms with Crippen LogP contribution >= 0.6 is 0 Å². The fraction of sp³-hybridized carbons (Fsp3) is 0.438. The number of ether oxygens (including phenoxy) is 1. The predicted molar refractivity (Wildman–Crippen MR) is 79.4 cm³/mol. The molecule has 102 valence electrons. The Morgan fingerprint density at radius 1 is 1.11 bits per heavy atom. The first-order chi connectivity index (χ1) is 9.42. The Morgan fingerprint density at radius 2 is 2.00 bits per heavy atom. The summed E-state index contributed by atoms with van der Waals surface area (Å²) in [6.45, 7) is 5.65. The second-order valence-corrected chi connectivity index (χ2v) is 4.60. The number of benzene rings is 1. The van der Waals surface area contributed by atoms with Crippen LogP contribution < -0.4 is 5.32 Å². The van der Waals surface area contributed by atoms with Crippen LogP contribution in [0.3, 0.4) is 0 Å². The average molecular weight is 258 g/mol. The van der Waals surface area contributed by atoms with Gasteiger partial charge in [-0.05, 0) is 31.0 Å². The summed E-state index contributed by atoms with van der Waals surface area (Å²) in [5.41, 5.74) is 2.43. The monoisotopic (exact) mass is 258 g/mol. The highest BCUT2D eigenvalue weighted by atomic mass is 16.5. The molecule has 1 heterocycles. The van der Waals surface area contributed by atoms with Gasteiger partial charge in [-0.15, -0.1) is 0 Å². The molecule has 1 N–H and O–H groups in total. The highest BCUT2D eigenvalue weighted by molar-refractivity contribution is 5.81. The van der Waals surface area contributed by atoms with E-state index in [4.69, 9.17) is 4.74 Å². The molecule has 0 aliphatic rings. The molecule has 0 spiro atoms. The molecule has 0 aliphatic carbocycles. The summed E-state index contributed by atoms with van der Waals surface area (Å²) >= 11 is 0. The van der Waals surface area contributed by atoms with Crippen LogP contribution in [0.5, 0.6) is 0 Å². The number of pyridine rings is 1. The zero-order chi connectivity index (χ0) is 13.3. The van der Waals surface area contributed by atoms with E-state index in [-0.39, 0.29) is 0 Å². The maximum Gasteiger partial charge on any atom is 0.0734 e. The van der Waals surface area contributed by atoms with Crippen LogP contribution in [0.2, 0.25) is 0 Å². The van der Waals surface area contributed by atoms with Crippen molar-refractivity contribution in [1.29, 1.82) is 0 Å². The van der Waals surface area contributed by atoms with Gasteiger partial charge in [-0.25, -0.2) is 0 Å². The van der Waals surface area contributed by atoms with E-state index in [1.54, 1.807) is 0 Å². The van der Waals surface area contributed by atoms with Crippen LogP contribution in [0.4, 0.5) is 0 Å². The molecule has 2 aromatic rings. The van der Waals surface area contributed by atoms with Gasteiger partial charge in [-0.1, -0.05) is 31.2 Å². The second kappa shape index (κ2) is 7.87. The Kier molecular flexibility index (Phi) is 5.79. The van der Waals surface area contributed by atoms with Crippen molar-refractivity contribution >= 4 is 10.9 Å². The third-order valence-corrected chi connectivity index (χ3v) is 3.06. The Hall–Kier alpha value is -1.45. The number of aromatic nitrogens is 1. The van der Waals surface area contributed by atoms with Crippen molar-refractivity contribution < 1.29 is 4.74 Å². The first-order valence-electron chi connectivity index (χ1n) is 7.03. The number of rotatable bonds is 8. The van der Waals surface area contributed by atoms with Crippen molar-refractivity contribution in [1.82, 2.24) is 10.3 Å². The summed E-state index contributed by atoms with van der Waals surface area (Å²) in [6.07, 6.45) is 3.95. The van der Waals surface area contributed by atoms with Crippen molar-refractivity contribution in [2.75, 3.05) is 26.3 Å². The van der Waals surface area contributed by atoms with Crippen molar-refractivity contribution in [3.63, 3.8) is 0 Å². The van der Waals surface area contributed by atoms with Gasteiger partial charge in [0.15, 0.2) is 0 Å². The van der Waals surface area contributed by atoms with E-state index >= 15 is 0 Å². The van der Waals surface area contributed by atoms with Crippen molar-refractivity contribution in [3.8, 4) is 0 Å². The molecule has 0 bridgehead atoms. The molecule has 0 radical (unpaired) electrons. The van der Waals surface area contributed by atoms with E-state index in [1.165, 1.54) is 10.9 Å². The molecular weight excluding hydrogens is 236 g/mol. The minimum Gasteiger partial charge on any atom is -0.380 e. The van der Waals surface area contributed by atoms with Gasteiger partial charge in [-0.3, -0.25) is 4.98 Å². The van der Waals surface area contributed by atoms with Gasteiger partial charge in [0.05, 0.1) is 12.1 Å². The van der Waals surface area contributed by atoms with E-state index in [1.807, 2.05) is 12.3 Å². The van der Waals surface area contributed by atoms with Crippen molar-refractivity contribution in [2.45, 2.75) is 19.8 Å². The van der Waals surface area contributed by atoms with E-state index < -0.39 is 0 Å². The molecule has 0 unspecified atom stereocenters. The highest BCUT2D eigenvalue weighted by Crippen LogP contribution is 2.15. The molecule has 0 saturated heterocycles. The first kappa shape index (κ1) is 14.0. The summed E-state index contributed by atoms with van der Waals surface area (Å²) in [6, 6.07) is 10.5. The SMILES string of the molecule is CCCOCCNCCc1cccc2cccnc12. The molecule has 3 heteroatoms. The molecule has 0 amide bonds. The average Bonchev–Trinajstić information content (AvgIpc) is 2.46. The summed E-state index contributed by atoms with van der Waals surface area (Å²) in [7, 11) is 0. The Balaban J connectivity index is 1.78. The van der Waals surface area contributed by atoms with E-state index in [9.17, 15) is 0 Å². The summed E-state index contributed by atoms with van der Waals surface area (Å²) in [5, 5.41) is 4.62. The number of fused-ring (bicyclic) bond motifs is 1. The lowest BCUT2D eigenvalue weighted by Gasteiger charge is -2.07.